The number of ketones is 1. The molecule has 0 aliphatic rings. The highest BCUT2D eigenvalue weighted by Gasteiger charge is 2.08. The number of hydrogen-bond donors (Lipinski definition) is 1. The van der Waals surface area contributed by atoms with Crippen LogP contribution in [0.25, 0.3) is 0 Å². The summed E-state index contributed by atoms with van der Waals surface area (Å²) in [5.41, 5.74) is 5.83. The zero-order chi connectivity index (χ0) is 12.0. The quantitative estimate of drug-likeness (QED) is 0.795. The summed E-state index contributed by atoms with van der Waals surface area (Å²) < 4.78 is 13.1. The van der Waals surface area contributed by atoms with E-state index in [0.717, 1.165) is 6.07 Å². The maximum Gasteiger partial charge on any atom is 0.134 e. The van der Waals surface area contributed by atoms with Gasteiger partial charge in [-0.1, -0.05) is 25.4 Å². The van der Waals surface area contributed by atoms with E-state index in [2.05, 4.69) is 0 Å². The Morgan fingerprint density at radius 1 is 1.47 bits per heavy atom. The van der Waals surface area contributed by atoms with E-state index in [1.54, 1.807) is 0 Å². The summed E-state index contributed by atoms with van der Waals surface area (Å²) in [7, 11) is 0. The van der Waals surface area contributed by atoms with Gasteiger partial charge in [-0.05, 0) is 24.6 Å². The average Bonchev–Trinajstić information content (AvgIpc) is 2.17. The normalized spacial score (nSPS) is 9.13. The van der Waals surface area contributed by atoms with Crippen molar-refractivity contribution in [1.29, 1.82) is 0 Å². The molecule has 0 fully saturated rings. The van der Waals surface area contributed by atoms with E-state index < -0.39 is 5.82 Å². The van der Waals surface area contributed by atoms with E-state index in [1.807, 2.05) is 13.8 Å². The summed E-state index contributed by atoms with van der Waals surface area (Å²) in [4.78, 5) is 10.7. The van der Waals surface area contributed by atoms with Crippen LogP contribution in [0.15, 0.2) is 12.1 Å². The van der Waals surface area contributed by atoms with Gasteiger partial charge in [-0.2, -0.15) is 0 Å². The molecule has 0 aliphatic heterocycles. The molecule has 0 aliphatic carbocycles. The van der Waals surface area contributed by atoms with Crippen LogP contribution < -0.4 is 5.73 Å². The minimum absolute atomic E-state index is 0.0475. The van der Waals surface area contributed by atoms with Crippen LogP contribution in [0, 0.1) is 5.82 Å². The van der Waals surface area contributed by atoms with E-state index in [4.69, 9.17) is 17.3 Å². The van der Waals surface area contributed by atoms with Crippen LogP contribution in [0.4, 0.5) is 10.1 Å². The highest BCUT2D eigenvalue weighted by atomic mass is 35.5. The number of carbonyl (C=O) groups is 1. The molecule has 0 amide bonds. The molecule has 0 bridgehead atoms. The van der Waals surface area contributed by atoms with Crippen LogP contribution >= 0.6 is 11.6 Å². The molecule has 1 rings (SSSR count). The summed E-state index contributed by atoms with van der Waals surface area (Å²) in [6, 6.07) is 2.51. The Morgan fingerprint density at radius 2 is 2.00 bits per heavy atom. The van der Waals surface area contributed by atoms with Crippen LogP contribution in [0.2, 0.25) is 5.02 Å². The van der Waals surface area contributed by atoms with Crippen LogP contribution in [-0.4, -0.2) is 5.78 Å². The summed E-state index contributed by atoms with van der Waals surface area (Å²) in [5.74, 6) is -0.600. The van der Waals surface area contributed by atoms with Crippen molar-refractivity contribution in [3.8, 4) is 0 Å². The number of anilines is 1. The number of Topliss-reactive ketones (excluding diaryl/α,β-unsaturated/α-hetero) is 1. The van der Waals surface area contributed by atoms with Crippen LogP contribution in [0.3, 0.4) is 0 Å². The van der Waals surface area contributed by atoms with Crippen molar-refractivity contribution in [2.75, 3.05) is 5.73 Å². The molecule has 4 heteroatoms. The number of nitrogens with two attached hydrogens (primary N) is 1. The average molecular weight is 232 g/mol. The van der Waals surface area contributed by atoms with Crippen molar-refractivity contribution in [2.45, 2.75) is 27.2 Å². The zero-order valence-corrected chi connectivity index (χ0v) is 9.86. The number of hydrogen-bond acceptors (Lipinski definition) is 2. The van der Waals surface area contributed by atoms with Crippen molar-refractivity contribution in [1.82, 2.24) is 0 Å². The van der Waals surface area contributed by atoms with Crippen LogP contribution in [-0.2, 0) is 11.2 Å². The second-order valence-corrected chi connectivity index (χ2v) is 3.25. The SMILES string of the molecule is CC.CC(=O)Cc1cc(Cl)c(N)cc1F. The molecule has 0 spiro atoms. The van der Waals surface area contributed by atoms with E-state index in [0.29, 0.717) is 0 Å². The predicted octanol–water partition coefficient (Wildman–Crippen LogP) is 3.22. The lowest BCUT2D eigenvalue weighted by Crippen LogP contribution is -2.00. The van der Waals surface area contributed by atoms with Gasteiger partial charge in [-0.15, -0.1) is 0 Å². The lowest BCUT2D eigenvalue weighted by atomic mass is 10.1. The third kappa shape index (κ3) is 4.30. The Balaban J connectivity index is 0.000000921. The first kappa shape index (κ1) is 13.9. The van der Waals surface area contributed by atoms with Crippen molar-refractivity contribution in [3.63, 3.8) is 0 Å². The van der Waals surface area contributed by atoms with Gasteiger partial charge >= 0.3 is 0 Å². The van der Waals surface area contributed by atoms with Crippen molar-refractivity contribution >= 4 is 23.1 Å². The van der Waals surface area contributed by atoms with Gasteiger partial charge in [0.2, 0.25) is 0 Å². The fourth-order valence-electron chi connectivity index (χ4n) is 1.01. The maximum atomic E-state index is 13.1. The molecule has 84 valence electrons. The first-order valence-electron chi connectivity index (χ1n) is 4.73. The first-order chi connectivity index (χ1) is 7.00. The number of nitrogen functional groups attached to an aromatic ring is 1. The minimum Gasteiger partial charge on any atom is -0.397 e. The van der Waals surface area contributed by atoms with Gasteiger partial charge < -0.3 is 5.73 Å². The van der Waals surface area contributed by atoms with Gasteiger partial charge in [-0.25, -0.2) is 4.39 Å². The molecule has 2 nitrogen and oxygen atoms in total. The number of rotatable bonds is 2. The summed E-state index contributed by atoms with van der Waals surface area (Å²) >= 11 is 5.67. The predicted molar refractivity (Wildman–Crippen MR) is 61.6 cm³/mol. The smallest absolute Gasteiger partial charge is 0.134 e. The third-order valence-corrected chi connectivity index (χ3v) is 1.93. The Bertz CT molecular complexity index is 353. The summed E-state index contributed by atoms with van der Waals surface area (Å²) in [5, 5.41) is 0.276. The number of benzene rings is 1. The molecule has 0 saturated carbocycles. The number of halogens is 2. The molecular formula is C11H15ClFNO. The van der Waals surface area contributed by atoms with Crippen molar-refractivity contribution in [3.05, 3.63) is 28.5 Å². The highest BCUT2D eigenvalue weighted by molar-refractivity contribution is 6.33. The van der Waals surface area contributed by atoms with Gasteiger partial charge in [0.05, 0.1) is 10.7 Å². The van der Waals surface area contributed by atoms with Gasteiger partial charge in [-0.3, -0.25) is 4.79 Å². The van der Waals surface area contributed by atoms with Gasteiger partial charge in [0.25, 0.3) is 0 Å². The van der Waals surface area contributed by atoms with E-state index >= 15 is 0 Å². The zero-order valence-electron chi connectivity index (χ0n) is 9.10. The monoisotopic (exact) mass is 231 g/mol. The molecule has 1 aromatic rings. The van der Waals surface area contributed by atoms with E-state index in [-0.39, 0.29) is 28.5 Å². The lowest BCUT2D eigenvalue weighted by molar-refractivity contribution is -0.116. The molecule has 0 aromatic heterocycles. The Labute approximate surface area is 94.2 Å². The van der Waals surface area contributed by atoms with Crippen molar-refractivity contribution in [2.24, 2.45) is 0 Å². The molecule has 0 heterocycles. The fourth-order valence-corrected chi connectivity index (χ4v) is 1.19. The highest BCUT2D eigenvalue weighted by Crippen LogP contribution is 2.22. The Hall–Kier alpha value is -1.09. The molecule has 0 radical (unpaired) electrons. The molecule has 0 unspecified atom stereocenters. The van der Waals surface area contributed by atoms with Gasteiger partial charge in [0.1, 0.15) is 11.6 Å². The molecule has 0 atom stereocenters. The molecule has 15 heavy (non-hydrogen) atoms. The Morgan fingerprint density at radius 3 is 2.47 bits per heavy atom. The Kier molecular flexibility index (Phi) is 5.94. The fraction of sp³-hybridized carbons (Fsp3) is 0.364. The van der Waals surface area contributed by atoms with Crippen molar-refractivity contribution < 1.29 is 9.18 Å². The van der Waals surface area contributed by atoms with Gasteiger partial charge in [0, 0.05) is 6.42 Å². The van der Waals surface area contributed by atoms with E-state index in [1.165, 1.54) is 13.0 Å². The van der Waals surface area contributed by atoms with Crippen LogP contribution in [0.5, 0.6) is 0 Å². The number of carbonyl (C=O) groups excluding carboxylic acids is 1. The summed E-state index contributed by atoms with van der Waals surface area (Å²) in [6.45, 7) is 5.39. The summed E-state index contributed by atoms with van der Waals surface area (Å²) in [6.07, 6.45) is 0.0475. The lowest BCUT2D eigenvalue weighted by Gasteiger charge is -2.03. The van der Waals surface area contributed by atoms with Crippen LogP contribution in [0.1, 0.15) is 26.3 Å². The molecule has 1 aromatic carbocycles. The third-order valence-electron chi connectivity index (χ3n) is 1.61. The maximum absolute atomic E-state index is 13.1. The van der Waals surface area contributed by atoms with E-state index in [9.17, 15) is 9.18 Å². The molecule has 0 saturated heterocycles. The minimum atomic E-state index is -0.489. The van der Waals surface area contributed by atoms with Gasteiger partial charge in [0.15, 0.2) is 0 Å². The molecule has 2 N–H and O–H groups in total. The second kappa shape index (κ2) is 6.40. The largest absolute Gasteiger partial charge is 0.397 e. The second-order valence-electron chi connectivity index (χ2n) is 2.84. The topological polar surface area (TPSA) is 43.1 Å². The molecular weight excluding hydrogens is 217 g/mol. The first-order valence-corrected chi connectivity index (χ1v) is 5.11. The standard InChI is InChI=1S/C9H9ClFNO.C2H6/c1-5(13)2-6-3-7(10)9(12)4-8(6)11;1-2/h3-4H,2,12H2,1H3;1-2H3.